The van der Waals surface area contributed by atoms with E-state index < -0.39 is 11.0 Å². The normalized spacial score (nSPS) is 11.8. The minimum Gasteiger partial charge on any atom is -0.497 e. The Bertz CT molecular complexity index is 676. The van der Waals surface area contributed by atoms with Gasteiger partial charge in [-0.25, -0.2) is 4.98 Å². The molecular weight excluding hydrogens is 286 g/mol. The zero-order chi connectivity index (χ0) is 16.1. The summed E-state index contributed by atoms with van der Waals surface area (Å²) in [5, 5.41) is 23.6. The van der Waals surface area contributed by atoms with Crippen LogP contribution in [0.1, 0.15) is 17.2 Å². The second-order valence-electron chi connectivity index (χ2n) is 4.79. The number of aliphatic hydroxyl groups is 1. The van der Waals surface area contributed by atoms with Crippen LogP contribution in [0, 0.1) is 17.0 Å². The van der Waals surface area contributed by atoms with Gasteiger partial charge in [-0.15, -0.1) is 0 Å². The molecule has 2 aromatic rings. The van der Waals surface area contributed by atoms with Gasteiger partial charge in [0.25, 0.3) is 0 Å². The van der Waals surface area contributed by atoms with E-state index in [9.17, 15) is 15.2 Å². The molecule has 0 bridgehead atoms. The van der Waals surface area contributed by atoms with E-state index in [-0.39, 0.29) is 18.1 Å². The molecule has 0 aliphatic rings. The van der Waals surface area contributed by atoms with Crippen LogP contribution in [0.5, 0.6) is 5.75 Å². The highest BCUT2D eigenvalue weighted by atomic mass is 16.6. The smallest absolute Gasteiger partial charge is 0.311 e. The molecule has 0 saturated heterocycles. The van der Waals surface area contributed by atoms with E-state index in [0.29, 0.717) is 11.3 Å². The Labute approximate surface area is 127 Å². The maximum absolute atomic E-state index is 11.1. The van der Waals surface area contributed by atoms with Crippen molar-refractivity contribution >= 4 is 11.5 Å². The molecule has 0 aliphatic carbocycles. The third kappa shape index (κ3) is 3.50. The van der Waals surface area contributed by atoms with E-state index in [1.54, 1.807) is 38.3 Å². The first-order valence-electron chi connectivity index (χ1n) is 6.67. The number of aromatic nitrogens is 1. The zero-order valence-electron chi connectivity index (χ0n) is 12.3. The SMILES string of the molecule is COc1cccc([C@@H](CO)Nc2ncc(C)cc2[N+](=O)[O-])c1. The van der Waals surface area contributed by atoms with Crippen molar-refractivity contribution in [3.05, 3.63) is 57.8 Å². The molecule has 1 aromatic heterocycles. The Hall–Kier alpha value is -2.67. The summed E-state index contributed by atoms with van der Waals surface area (Å²) in [6.07, 6.45) is 1.54. The van der Waals surface area contributed by atoms with Crippen LogP contribution >= 0.6 is 0 Å². The molecule has 0 aliphatic heterocycles. The van der Waals surface area contributed by atoms with Gasteiger partial charge in [0.15, 0.2) is 0 Å². The van der Waals surface area contributed by atoms with E-state index in [2.05, 4.69) is 10.3 Å². The lowest BCUT2D eigenvalue weighted by atomic mass is 10.1. The van der Waals surface area contributed by atoms with E-state index in [1.165, 1.54) is 12.3 Å². The van der Waals surface area contributed by atoms with Crippen LogP contribution in [0.25, 0.3) is 0 Å². The van der Waals surface area contributed by atoms with Crippen molar-refractivity contribution in [3.63, 3.8) is 0 Å². The maximum atomic E-state index is 11.1. The fourth-order valence-corrected chi connectivity index (χ4v) is 2.06. The molecule has 0 unspecified atom stereocenters. The summed E-state index contributed by atoms with van der Waals surface area (Å²) in [5.74, 6) is 0.765. The summed E-state index contributed by atoms with van der Waals surface area (Å²) in [4.78, 5) is 14.7. The van der Waals surface area contributed by atoms with Gasteiger partial charge in [0, 0.05) is 12.3 Å². The highest BCUT2D eigenvalue weighted by Gasteiger charge is 2.20. The van der Waals surface area contributed by atoms with Crippen LogP contribution in [-0.2, 0) is 0 Å². The summed E-state index contributed by atoms with van der Waals surface area (Å²) in [5.41, 5.74) is 1.32. The predicted molar refractivity (Wildman–Crippen MR) is 82.1 cm³/mol. The van der Waals surface area contributed by atoms with Crippen molar-refractivity contribution in [2.45, 2.75) is 13.0 Å². The van der Waals surface area contributed by atoms with Gasteiger partial charge in [-0.2, -0.15) is 0 Å². The van der Waals surface area contributed by atoms with Gasteiger partial charge in [0.1, 0.15) is 5.75 Å². The Morgan fingerprint density at radius 1 is 1.45 bits per heavy atom. The molecule has 0 amide bonds. The van der Waals surface area contributed by atoms with Gasteiger partial charge in [0.2, 0.25) is 5.82 Å². The number of aliphatic hydroxyl groups excluding tert-OH is 1. The molecule has 2 rings (SSSR count). The standard InChI is InChI=1S/C15H17N3O4/c1-10-6-14(18(20)21)15(16-8-10)17-13(9-19)11-4-3-5-12(7-11)22-2/h3-8,13,19H,9H2,1-2H3,(H,16,17)/t13-/m1/s1. The lowest BCUT2D eigenvalue weighted by Crippen LogP contribution is -2.16. The van der Waals surface area contributed by atoms with Crippen LogP contribution in [0.4, 0.5) is 11.5 Å². The molecular formula is C15H17N3O4. The first-order valence-corrected chi connectivity index (χ1v) is 6.67. The average molecular weight is 303 g/mol. The van der Waals surface area contributed by atoms with Crippen LogP contribution in [0.15, 0.2) is 36.5 Å². The minimum atomic E-state index is -0.524. The molecule has 22 heavy (non-hydrogen) atoms. The number of aryl methyl sites for hydroxylation is 1. The summed E-state index contributed by atoms with van der Waals surface area (Å²) >= 11 is 0. The van der Waals surface area contributed by atoms with Crippen LogP contribution < -0.4 is 10.1 Å². The van der Waals surface area contributed by atoms with Crippen molar-refractivity contribution in [1.82, 2.24) is 4.98 Å². The Morgan fingerprint density at radius 2 is 2.23 bits per heavy atom. The molecule has 0 radical (unpaired) electrons. The van der Waals surface area contributed by atoms with Crippen LogP contribution in [0.3, 0.4) is 0 Å². The molecule has 1 aromatic carbocycles. The van der Waals surface area contributed by atoms with Crippen molar-refractivity contribution in [2.75, 3.05) is 19.0 Å². The fourth-order valence-electron chi connectivity index (χ4n) is 2.06. The van der Waals surface area contributed by atoms with E-state index in [1.807, 2.05) is 0 Å². The Morgan fingerprint density at radius 3 is 2.86 bits per heavy atom. The topological polar surface area (TPSA) is 97.5 Å². The second kappa shape index (κ2) is 6.86. The number of hydrogen-bond donors (Lipinski definition) is 2. The minimum absolute atomic E-state index is 0.123. The van der Waals surface area contributed by atoms with Gasteiger partial charge in [-0.05, 0) is 30.2 Å². The second-order valence-corrected chi connectivity index (χ2v) is 4.79. The molecule has 116 valence electrons. The summed E-state index contributed by atoms with van der Waals surface area (Å²) in [7, 11) is 1.55. The largest absolute Gasteiger partial charge is 0.497 e. The molecule has 7 nitrogen and oxygen atoms in total. The third-order valence-electron chi connectivity index (χ3n) is 3.19. The van der Waals surface area contributed by atoms with E-state index >= 15 is 0 Å². The van der Waals surface area contributed by atoms with E-state index in [0.717, 1.165) is 5.56 Å². The Kier molecular flexibility index (Phi) is 4.90. The number of nitrogens with zero attached hydrogens (tertiary/aromatic N) is 2. The van der Waals surface area contributed by atoms with Crippen molar-refractivity contribution in [3.8, 4) is 5.75 Å². The van der Waals surface area contributed by atoms with Crippen LogP contribution in [0.2, 0.25) is 0 Å². The number of benzene rings is 1. The van der Waals surface area contributed by atoms with E-state index in [4.69, 9.17) is 4.74 Å². The average Bonchev–Trinajstić information content (AvgIpc) is 2.53. The predicted octanol–water partition coefficient (Wildman–Crippen LogP) is 2.45. The van der Waals surface area contributed by atoms with Gasteiger partial charge in [-0.1, -0.05) is 12.1 Å². The lowest BCUT2D eigenvalue weighted by Gasteiger charge is -2.18. The molecule has 1 atom stereocenters. The number of rotatable bonds is 6. The van der Waals surface area contributed by atoms with Gasteiger partial charge >= 0.3 is 5.69 Å². The van der Waals surface area contributed by atoms with Gasteiger partial charge < -0.3 is 15.2 Å². The molecule has 1 heterocycles. The summed E-state index contributed by atoms with van der Waals surface area (Å²) < 4.78 is 5.14. The number of pyridine rings is 1. The molecule has 0 saturated carbocycles. The fraction of sp³-hybridized carbons (Fsp3) is 0.267. The maximum Gasteiger partial charge on any atom is 0.311 e. The molecule has 0 spiro atoms. The van der Waals surface area contributed by atoms with Gasteiger partial charge in [0.05, 0.1) is 24.7 Å². The Balaban J connectivity index is 2.32. The van der Waals surface area contributed by atoms with Crippen molar-refractivity contribution in [2.24, 2.45) is 0 Å². The number of nitro groups is 1. The highest BCUT2D eigenvalue weighted by molar-refractivity contribution is 5.57. The molecule has 2 N–H and O–H groups in total. The first-order chi connectivity index (χ1) is 10.5. The number of methoxy groups -OCH3 is 1. The van der Waals surface area contributed by atoms with Gasteiger partial charge in [-0.3, -0.25) is 10.1 Å². The lowest BCUT2D eigenvalue weighted by molar-refractivity contribution is -0.384. The molecule has 7 heteroatoms. The zero-order valence-corrected chi connectivity index (χ0v) is 12.3. The summed E-state index contributed by atoms with van der Waals surface area (Å²) in [6.45, 7) is 1.50. The van der Waals surface area contributed by atoms with Crippen molar-refractivity contribution < 1.29 is 14.8 Å². The monoisotopic (exact) mass is 303 g/mol. The first kappa shape index (κ1) is 15.7. The highest BCUT2D eigenvalue weighted by Crippen LogP contribution is 2.28. The molecule has 0 fully saturated rings. The quantitative estimate of drug-likeness (QED) is 0.628. The number of hydrogen-bond acceptors (Lipinski definition) is 6. The third-order valence-corrected chi connectivity index (χ3v) is 3.19. The van der Waals surface area contributed by atoms with Crippen molar-refractivity contribution in [1.29, 1.82) is 0 Å². The van der Waals surface area contributed by atoms with Crippen LogP contribution in [-0.4, -0.2) is 28.7 Å². The number of anilines is 1. The number of nitrogens with one attached hydrogen (secondary N) is 1. The summed E-state index contributed by atoms with van der Waals surface area (Å²) in [6, 6.07) is 8.05. The number of ether oxygens (including phenoxy) is 1.